The van der Waals surface area contributed by atoms with Gasteiger partial charge in [-0.25, -0.2) is 0 Å². The highest BCUT2D eigenvalue weighted by atomic mass is 32.1. The maximum absolute atomic E-state index is 14.7. The van der Waals surface area contributed by atoms with Crippen molar-refractivity contribution in [3.63, 3.8) is 0 Å². The first-order valence-corrected chi connectivity index (χ1v) is 22.6. The van der Waals surface area contributed by atoms with Crippen LogP contribution in [0, 0.1) is 5.92 Å². The molecule has 1 aliphatic heterocycles. The summed E-state index contributed by atoms with van der Waals surface area (Å²) in [5.74, 6) is -0.379. The molecule has 56 heavy (non-hydrogen) atoms. The Balaban J connectivity index is 1.37. The first-order chi connectivity index (χ1) is 26.7. The molecule has 1 fully saturated rings. The second kappa shape index (κ2) is 18.7. The van der Waals surface area contributed by atoms with Crippen molar-refractivity contribution in [2.24, 2.45) is 5.92 Å². The van der Waals surface area contributed by atoms with Crippen LogP contribution in [-0.4, -0.2) is 61.4 Å². The molecule has 0 bridgehead atoms. The molecule has 0 aromatic heterocycles. The van der Waals surface area contributed by atoms with E-state index < -0.39 is 32.0 Å². The summed E-state index contributed by atoms with van der Waals surface area (Å²) in [6.07, 6.45) is 3.00. The topological polar surface area (TPSA) is 77.5 Å². The van der Waals surface area contributed by atoms with Gasteiger partial charge < -0.3 is 23.7 Å². The SMILES string of the molecule is C=C(/C=C/[C@@H](O)[C@H](C)C(=O)N1C(=S)OC(c2ccccc2)(c2ccccc2)[C@@H]1Cc1ccccc1)[C@@H](CCOCc1ccc(OC)cc1)O[Si](C)(C)C(C)(C)C. The number of carbonyl (C=O) groups excluding carboxylic acids is 1. The predicted octanol–water partition coefficient (Wildman–Crippen LogP) is 9.80. The molecule has 1 N–H and O–H groups in total. The monoisotopic (exact) mass is 791 g/mol. The number of thiocarbonyl (C=S) groups is 1. The molecule has 4 aromatic rings. The average molecular weight is 792 g/mol. The third-order valence-electron chi connectivity index (χ3n) is 11.2. The van der Waals surface area contributed by atoms with Gasteiger partial charge in [0.05, 0.1) is 37.9 Å². The molecule has 296 valence electrons. The molecule has 0 spiro atoms. The van der Waals surface area contributed by atoms with E-state index in [1.54, 1.807) is 31.1 Å². The number of amides is 1. The maximum Gasteiger partial charge on any atom is 0.267 e. The minimum absolute atomic E-state index is 0.0269. The Labute approximate surface area is 340 Å². The van der Waals surface area contributed by atoms with Gasteiger partial charge >= 0.3 is 0 Å². The summed E-state index contributed by atoms with van der Waals surface area (Å²) in [7, 11) is -0.564. The van der Waals surface area contributed by atoms with Crippen LogP contribution in [0.4, 0.5) is 0 Å². The Morgan fingerprint density at radius 1 is 0.929 bits per heavy atom. The summed E-state index contributed by atoms with van der Waals surface area (Å²) >= 11 is 5.92. The molecule has 1 aliphatic rings. The lowest BCUT2D eigenvalue weighted by molar-refractivity contribution is -0.135. The van der Waals surface area contributed by atoms with Gasteiger partial charge in [0.2, 0.25) is 5.91 Å². The maximum atomic E-state index is 14.7. The number of rotatable bonds is 17. The summed E-state index contributed by atoms with van der Waals surface area (Å²) < 4.78 is 25.0. The third-order valence-corrected chi connectivity index (χ3v) is 15.9. The van der Waals surface area contributed by atoms with Crippen molar-refractivity contribution in [1.29, 1.82) is 0 Å². The largest absolute Gasteiger partial charge is 0.497 e. The molecule has 9 heteroatoms. The fourth-order valence-electron chi connectivity index (χ4n) is 6.74. The zero-order chi connectivity index (χ0) is 40.5. The molecule has 5 rings (SSSR count). The van der Waals surface area contributed by atoms with Crippen molar-refractivity contribution in [3.05, 3.63) is 162 Å². The normalized spacial score (nSPS) is 17.3. The van der Waals surface area contributed by atoms with Gasteiger partial charge in [-0.05, 0) is 72.0 Å². The van der Waals surface area contributed by atoms with E-state index >= 15 is 0 Å². The highest BCUT2D eigenvalue weighted by molar-refractivity contribution is 7.80. The van der Waals surface area contributed by atoms with Gasteiger partial charge in [0.15, 0.2) is 13.9 Å². The molecule has 1 amide bonds. The van der Waals surface area contributed by atoms with Crippen LogP contribution in [0.15, 0.2) is 140 Å². The van der Waals surface area contributed by atoms with Crippen LogP contribution in [0.2, 0.25) is 18.1 Å². The van der Waals surface area contributed by atoms with Gasteiger partial charge in [-0.1, -0.05) is 150 Å². The standard InChI is InChI=1S/C47H57NO6SSi/c1-34(42(54-56(7,8)46(3,4)5)30-31-52-33-37-25-27-40(51-6)28-26-37)24-29-41(49)35(2)44(50)48-43(32-36-18-12-9-13-19-36)47(53-45(48)55,38-20-14-10-15-21-38)39-22-16-11-17-23-39/h9-29,35,41-43,49H,1,30-33H2,2-8H3/b29-24+/t35-,41+,42+,43-/m0/s1. The Bertz CT molecular complexity index is 1890. The molecule has 1 heterocycles. The second-order valence-electron chi connectivity index (χ2n) is 16.0. The van der Waals surface area contributed by atoms with Gasteiger partial charge in [-0.2, -0.15) is 0 Å². The highest BCUT2D eigenvalue weighted by Gasteiger charge is 2.57. The molecule has 4 atom stereocenters. The van der Waals surface area contributed by atoms with Crippen LogP contribution in [-0.2, 0) is 37.3 Å². The number of methoxy groups -OCH3 is 1. The minimum Gasteiger partial charge on any atom is -0.497 e. The van der Waals surface area contributed by atoms with Crippen molar-refractivity contribution < 1.29 is 28.5 Å². The van der Waals surface area contributed by atoms with Crippen molar-refractivity contribution in [1.82, 2.24) is 4.90 Å². The summed E-state index contributed by atoms with van der Waals surface area (Å²) in [6.45, 7) is 18.0. The predicted molar refractivity (Wildman–Crippen MR) is 231 cm³/mol. The Hall–Kier alpha value is -4.38. The van der Waals surface area contributed by atoms with Crippen molar-refractivity contribution >= 4 is 31.6 Å². The van der Waals surface area contributed by atoms with E-state index in [0.29, 0.717) is 31.6 Å². The summed E-state index contributed by atoms with van der Waals surface area (Å²) in [5.41, 5.74) is 3.47. The van der Waals surface area contributed by atoms with Crippen LogP contribution in [0.3, 0.4) is 0 Å². The molecule has 0 radical (unpaired) electrons. The van der Waals surface area contributed by atoms with Crippen molar-refractivity contribution in [2.45, 2.75) is 89.1 Å². The van der Waals surface area contributed by atoms with Gasteiger partial charge in [0.1, 0.15) is 5.75 Å². The number of ether oxygens (including phenoxy) is 3. The van der Waals surface area contributed by atoms with Crippen LogP contribution in [0.25, 0.3) is 0 Å². The lowest BCUT2D eigenvalue weighted by Crippen LogP contribution is -2.50. The first kappa shape index (κ1) is 42.8. The molecule has 0 saturated carbocycles. The van der Waals surface area contributed by atoms with E-state index in [2.05, 4.69) is 40.4 Å². The highest BCUT2D eigenvalue weighted by Crippen LogP contribution is 2.46. The summed E-state index contributed by atoms with van der Waals surface area (Å²) in [4.78, 5) is 16.2. The van der Waals surface area contributed by atoms with Gasteiger partial charge in [-0.3, -0.25) is 9.69 Å². The van der Waals surface area contributed by atoms with Crippen molar-refractivity contribution in [2.75, 3.05) is 13.7 Å². The third kappa shape index (κ3) is 9.94. The minimum atomic E-state index is -2.21. The quantitative estimate of drug-likeness (QED) is 0.0494. The lowest BCUT2D eigenvalue weighted by atomic mass is 9.77. The zero-order valence-corrected chi connectivity index (χ0v) is 35.6. The fourth-order valence-corrected chi connectivity index (χ4v) is 8.42. The van der Waals surface area contributed by atoms with E-state index in [-0.39, 0.29) is 22.2 Å². The first-order valence-electron chi connectivity index (χ1n) is 19.3. The lowest BCUT2D eigenvalue weighted by Gasteiger charge is -2.39. The summed E-state index contributed by atoms with van der Waals surface area (Å²) in [5, 5.41) is 11.7. The molecule has 1 saturated heterocycles. The summed E-state index contributed by atoms with van der Waals surface area (Å²) in [6, 6.07) is 37.2. The van der Waals surface area contributed by atoms with Crippen molar-refractivity contribution in [3.8, 4) is 5.75 Å². The van der Waals surface area contributed by atoms with E-state index in [9.17, 15) is 9.90 Å². The average Bonchev–Trinajstić information content (AvgIpc) is 3.49. The van der Waals surface area contributed by atoms with E-state index in [1.807, 2.05) is 115 Å². The van der Waals surface area contributed by atoms with Crippen LogP contribution in [0.1, 0.15) is 56.4 Å². The van der Waals surface area contributed by atoms with Crippen LogP contribution in [0.5, 0.6) is 5.75 Å². The molecule has 0 aliphatic carbocycles. The van der Waals surface area contributed by atoms with Gasteiger partial charge in [0, 0.05) is 17.7 Å². The number of nitrogens with zero attached hydrogens (tertiary/aromatic N) is 1. The van der Waals surface area contributed by atoms with Gasteiger partial charge in [-0.15, -0.1) is 0 Å². The van der Waals surface area contributed by atoms with Crippen LogP contribution < -0.4 is 4.74 Å². The number of carbonyl (C=O) groups is 1. The Kier molecular flexibility index (Phi) is 14.3. The van der Waals surface area contributed by atoms with Gasteiger partial charge in [0.25, 0.3) is 5.17 Å². The number of aliphatic hydroxyl groups excluding tert-OH is 1. The molecule has 4 aromatic carbocycles. The Morgan fingerprint density at radius 3 is 2.02 bits per heavy atom. The number of aliphatic hydroxyl groups is 1. The number of hydrogen-bond acceptors (Lipinski definition) is 7. The van der Waals surface area contributed by atoms with Crippen LogP contribution >= 0.6 is 12.2 Å². The van der Waals surface area contributed by atoms with E-state index in [1.165, 1.54) is 0 Å². The number of hydrogen-bond donors (Lipinski definition) is 1. The second-order valence-corrected chi connectivity index (χ2v) is 21.1. The fraction of sp³-hybridized carbons (Fsp3) is 0.362. The Morgan fingerprint density at radius 2 is 1.48 bits per heavy atom. The molecule has 0 unspecified atom stereocenters. The van der Waals surface area contributed by atoms with E-state index in [4.69, 9.17) is 30.9 Å². The van der Waals surface area contributed by atoms with E-state index in [0.717, 1.165) is 28.0 Å². The molecule has 7 nitrogen and oxygen atoms in total. The molecular formula is C47H57NO6SSi. The number of benzene rings is 4. The molecular weight excluding hydrogens is 735 g/mol. The zero-order valence-electron chi connectivity index (χ0n) is 33.8. The smallest absolute Gasteiger partial charge is 0.267 e.